The van der Waals surface area contributed by atoms with Crippen molar-refractivity contribution in [1.29, 1.82) is 0 Å². The summed E-state index contributed by atoms with van der Waals surface area (Å²) in [6.45, 7) is 1.81. The molecule has 1 rings (SSSR count). The molecule has 0 aliphatic heterocycles. The first-order chi connectivity index (χ1) is 7.60. The molecule has 1 atom stereocenters. The van der Waals surface area contributed by atoms with E-state index in [4.69, 9.17) is 11.2 Å². The molecule has 0 fully saturated rings. The Hall–Kier alpha value is -1.46. The molecule has 1 aromatic rings. The van der Waals surface area contributed by atoms with Gasteiger partial charge >= 0.3 is 0 Å². The van der Waals surface area contributed by atoms with Crippen molar-refractivity contribution in [3.63, 3.8) is 0 Å². The van der Waals surface area contributed by atoms with Crippen molar-refractivity contribution < 1.29 is 9.84 Å². The Bertz CT molecular complexity index is 357. The third-order valence-corrected chi connectivity index (χ3v) is 2.70. The molecular formula is C14H18O2. The van der Waals surface area contributed by atoms with Crippen molar-refractivity contribution in [2.45, 2.75) is 31.8 Å². The molecule has 16 heavy (non-hydrogen) atoms. The van der Waals surface area contributed by atoms with E-state index in [1.807, 2.05) is 31.2 Å². The second kappa shape index (κ2) is 5.58. The van der Waals surface area contributed by atoms with E-state index in [1.54, 1.807) is 7.11 Å². The molecule has 0 aliphatic rings. The highest BCUT2D eigenvalue weighted by Crippen LogP contribution is 2.27. The van der Waals surface area contributed by atoms with E-state index in [-0.39, 0.29) is 0 Å². The predicted octanol–water partition coefficient (Wildman–Crippen LogP) is 2.71. The van der Waals surface area contributed by atoms with Crippen LogP contribution in [0.2, 0.25) is 0 Å². The SMILES string of the molecule is C#CCCCC(C)(O)c1ccc(OC)cc1. The van der Waals surface area contributed by atoms with E-state index in [0.29, 0.717) is 12.8 Å². The Kier molecular flexibility index (Phi) is 4.39. The molecule has 0 bridgehead atoms. The van der Waals surface area contributed by atoms with Crippen LogP contribution in [0.15, 0.2) is 24.3 Å². The van der Waals surface area contributed by atoms with Gasteiger partial charge in [0.15, 0.2) is 0 Å². The first-order valence-electron chi connectivity index (χ1n) is 5.40. The van der Waals surface area contributed by atoms with Crippen LogP contribution >= 0.6 is 0 Å². The van der Waals surface area contributed by atoms with Crippen LogP contribution in [-0.4, -0.2) is 12.2 Å². The average molecular weight is 218 g/mol. The Morgan fingerprint density at radius 1 is 1.38 bits per heavy atom. The Morgan fingerprint density at radius 2 is 2.00 bits per heavy atom. The topological polar surface area (TPSA) is 29.5 Å². The van der Waals surface area contributed by atoms with Crippen LogP contribution in [0.1, 0.15) is 31.7 Å². The fourth-order valence-corrected chi connectivity index (χ4v) is 1.63. The summed E-state index contributed by atoms with van der Waals surface area (Å²) in [7, 11) is 1.63. The minimum Gasteiger partial charge on any atom is -0.497 e. The van der Waals surface area contributed by atoms with Gasteiger partial charge in [-0.3, -0.25) is 0 Å². The molecule has 0 aromatic heterocycles. The number of benzene rings is 1. The van der Waals surface area contributed by atoms with E-state index < -0.39 is 5.60 Å². The minimum atomic E-state index is -0.816. The third-order valence-electron chi connectivity index (χ3n) is 2.70. The lowest BCUT2D eigenvalue weighted by Crippen LogP contribution is -2.20. The number of methoxy groups -OCH3 is 1. The summed E-state index contributed by atoms with van der Waals surface area (Å²) in [5, 5.41) is 10.3. The second-order valence-electron chi connectivity index (χ2n) is 4.06. The first kappa shape index (κ1) is 12.6. The highest BCUT2D eigenvalue weighted by molar-refractivity contribution is 5.30. The van der Waals surface area contributed by atoms with Gasteiger partial charge in [0.05, 0.1) is 12.7 Å². The van der Waals surface area contributed by atoms with E-state index in [1.165, 1.54) is 0 Å². The molecule has 2 nitrogen and oxygen atoms in total. The molecule has 0 saturated heterocycles. The van der Waals surface area contributed by atoms with Gasteiger partial charge < -0.3 is 9.84 Å². The summed E-state index contributed by atoms with van der Waals surface area (Å²) in [6.07, 6.45) is 7.39. The number of terminal acetylenes is 1. The molecule has 1 unspecified atom stereocenters. The first-order valence-corrected chi connectivity index (χ1v) is 5.40. The fourth-order valence-electron chi connectivity index (χ4n) is 1.63. The maximum atomic E-state index is 10.3. The Morgan fingerprint density at radius 3 is 2.50 bits per heavy atom. The Balaban J connectivity index is 2.69. The summed E-state index contributed by atoms with van der Waals surface area (Å²) in [5.41, 5.74) is 0.0775. The van der Waals surface area contributed by atoms with E-state index in [2.05, 4.69) is 5.92 Å². The van der Waals surface area contributed by atoms with Crippen molar-refractivity contribution in [1.82, 2.24) is 0 Å². The molecule has 86 valence electrons. The standard InChI is InChI=1S/C14H18O2/c1-4-5-6-11-14(2,15)12-7-9-13(16-3)10-8-12/h1,7-10,15H,5-6,11H2,2-3H3. The zero-order valence-corrected chi connectivity index (χ0v) is 9.86. The molecule has 0 heterocycles. The quantitative estimate of drug-likeness (QED) is 0.608. The predicted molar refractivity (Wildman–Crippen MR) is 65.2 cm³/mol. The summed E-state index contributed by atoms with van der Waals surface area (Å²) in [6, 6.07) is 7.47. The minimum absolute atomic E-state index is 0.670. The molecule has 1 N–H and O–H groups in total. The lowest BCUT2D eigenvalue weighted by molar-refractivity contribution is 0.0460. The van der Waals surface area contributed by atoms with Crippen LogP contribution in [0.3, 0.4) is 0 Å². The number of aliphatic hydroxyl groups is 1. The van der Waals surface area contributed by atoms with Gasteiger partial charge in [0.25, 0.3) is 0 Å². The molecule has 0 amide bonds. The van der Waals surface area contributed by atoms with Crippen LogP contribution in [0.25, 0.3) is 0 Å². The fraction of sp³-hybridized carbons (Fsp3) is 0.429. The van der Waals surface area contributed by atoms with Gasteiger partial charge in [-0.1, -0.05) is 12.1 Å². The molecule has 0 spiro atoms. The maximum Gasteiger partial charge on any atom is 0.118 e. The highest BCUT2D eigenvalue weighted by atomic mass is 16.5. The van der Waals surface area contributed by atoms with Crippen LogP contribution in [0, 0.1) is 12.3 Å². The number of unbranched alkanes of at least 4 members (excludes halogenated alkanes) is 1. The normalized spacial score (nSPS) is 13.9. The number of hydrogen-bond donors (Lipinski definition) is 1. The highest BCUT2D eigenvalue weighted by Gasteiger charge is 2.21. The van der Waals surface area contributed by atoms with Crippen molar-refractivity contribution >= 4 is 0 Å². The lowest BCUT2D eigenvalue weighted by atomic mass is 9.90. The van der Waals surface area contributed by atoms with Crippen LogP contribution in [-0.2, 0) is 5.60 Å². The summed E-state index contributed by atoms with van der Waals surface area (Å²) >= 11 is 0. The number of rotatable bonds is 5. The lowest BCUT2D eigenvalue weighted by Gasteiger charge is -2.23. The molecule has 0 aliphatic carbocycles. The van der Waals surface area contributed by atoms with Crippen LogP contribution in [0.4, 0.5) is 0 Å². The molecule has 2 heteroatoms. The van der Waals surface area contributed by atoms with Crippen molar-refractivity contribution in [2.75, 3.05) is 7.11 Å². The molecule has 0 saturated carbocycles. The largest absolute Gasteiger partial charge is 0.497 e. The van der Waals surface area contributed by atoms with Gasteiger partial charge in [0.2, 0.25) is 0 Å². The van der Waals surface area contributed by atoms with E-state index in [9.17, 15) is 5.11 Å². The zero-order chi connectivity index (χ0) is 12.0. The molecule has 1 aromatic carbocycles. The Labute approximate surface area is 97.3 Å². The van der Waals surface area contributed by atoms with Gasteiger partial charge in [0, 0.05) is 6.42 Å². The summed E-state index contributed by atoms with van der Waals surface area (Å²) in [5.74, 6) is 3.37. The zero-order valence-electron chi connectivity index (χ0n) is 9.86. The number of hydrogen-bond acceptors (Lipinski definition) is 2. The van der Waals surface area contributed by atoms with E-state index >= 15 is 0 Å². The van der Waals surface area contributed by atoms with Gasteiger partial charge in [0.1, 0.15) is 5.75 Å². The second-order valence-corrected chi connectivity index (χ2v) is 4.06. The van der Waals surface area contributed by atoms with Gasteiger partial charge in [-0.05, 0) is 37.5 Å². The van der Waals surface area contributed by atoms with Crippen molar-refractivity contribution in [3.8, 4) is 18.1 Å². The van der Waals surface area contributed by atoms with Crippen LogP contribution in [0.5, 0.6) is 5.75 Å². The van der Waals surface area contributed by atoms with Crippen molar-refractivity contribution in [2.24, 2.45) is 0 Å². The van der Waals surface area contributed by atoms with Gasteiger partial charge in [-0.2, -0.15) is 0 Å². The summed E-state index contributed by atoms with van der Waals surface area (Å²) in [4.78, 5) is 0. The monoisotopic (exact) mass is 218 g/mol. The van der Waals surface area contributed by atoms with Gasteiger partial charge in [-0.25, -0.2) is 0 Å². The smallest absolute Gasteiger partial charge is 0.118 e. The van der Waals surface area contributed by atoms with Gasteiger partial charge in [-0.15, -0.1) is 12.3 Å². The third kappa shape index (κ3) is 3.29. The summed E-state index contributed by atoms with van der Waals surface area (Å²) < 4.78 is 5.07. The molecule has 0 radical (unpaired) electrons. The maximum absolute atomic E-state index is 10.3. The average Bonchev–Trinajstić information content (AvgIpc) is 2.29. The molecular weight excluding hydrogens is 200 g/mol. The van der Waals surface area contributed by atoms with E-state index in [0.717, 1.165) is 17.7 Å². The van der Waals surface area contributed by atoms with Crippen molar-refractivity contribution in [3.05, 3.63) is 29.8 Å². The number of ether oxygens (including phenoxy) is 1. The van der Waals surface area contributed by atoms with Crippen LogP contribution < -0.4 is 4.74 Å².